The van der Waals surface area contributed by atoms with Gasteiger partial charge in [-0.15, -0.1) is 0 Å². The minimum absolute atomic E-state index is 0.0146. The molecule has 9 atom stereocenters. The van der Waals surface area contributed by atoms with Crippen LogP contribution in [0.25, 0.3) is 0 Å². The molecular formula is C36H54O5. The van der Waals surface area contributed by atoms with Crippen molar-refractivity contribution in [3.8, 4) is 0 Å². The van der Waals surface area contributed by atoms with E-state index in [0.717, 1.165) is 32.1 Å². The molecule has 0 N–H and O–H groups in total. The summed E-state index contributed by atoms with van der Waals surface area (Å²) in [5.74, 6) is 0.562. The van der Waals surface area contributed by atoms with Crippen LogP contribution in [0.1, 0.15) is 111 Å². The molecule has 0 amide bonds. The minimum Gasteiger partial charge on any atom is -0.461 e. The topological polar surface area (TPSA) is 61.8 Å². The first kappa shape index (κ1) is 30.7. The lowest BCUT2D eigenvalue weighted by Crippen LogP contribution is -2.74. The second kappa shape index (κ2) is 11.8. The molecular weight excluding hydrogens is 512 g/mol. The van der Waals surface area contributed by atoms with Crippen LogP contribution in [0.4, 0.5) is 0 Å². The predicted octanol–water partition coefficient (Wildman–Crippen LogP) is 7.89. The monoisotopic (exact) mass is 566 g/mol. The van der Waals surface area contributed by atoms with Gasteiger partial charge in [-0.05, 0) is 73.2 Å². The van der Waals surface area contributed by atoms with E-state index in [-0.39, 0.29) is 41.2 Å². The summed E-state index contributed by atoms with van der Waals surface area (Å²) in [5, 5.41) is 0. The lowest BCUT2D eigenvalue weighted by atomic mass is 9.48. The third kappa shape index (κ3) is 5.32. The molecule has 5 heteroatoms. The van der Waals surface area contributed by atoms with Gasteiger partial charge in [0.15, 0.2) is 5.79 Å². The molecule has 228 valence electrons. The van der Waals surface area contributed by atoms with Crippen LogP contribution < -0.4 is 0 Å². The normalized spacial score (nSPS) is 39.6. The van der Waals surface area contributed by atoms with Crippen LogP contribution in [0.15, 0.2) is 30.3 Å². The van der Waals surface area contributed by atoms with Crippen LogP contribution in [0.5, 0.6) is 0 Å². The maximum Gasteiger partial charge on any atom is 0.318 e. The summed E-state index contributed by atoms with van der Waals surface area (Å²) in [4.78, 5) is 28.0. The van der Waals surface area contributed by atoms with E-state index in [4.69, 9.17) is 14.2 Å². The van der Waals surface area contributed by atoms with Crippen LogP contribution in [-0.2, 0) is 29.2 Å². The number of rotatable bonds is 8. The fourth-order valence-electron chi connectivity index (χ4n) is 9.20. The Morgan fingerprint density at radius 2 is 1.63 bits per heavy atom. The molecule has 1 aromatic carbocycles. The Balaban J connectivity index is 1.46. The van der Waals surface area contributed by atoms with Gasteiger partial charge in [0, 0.05) is 31.8 Å². The van der Waals surface area contributed by atoms with E-state index >= 15 is 0 Å². The molecule has 4 saturated carbocycles. The van der Waals surface area contributed by atoms with Crippen molar-refractivity contribution in [2.24, 2.45) is 40.9 Å². The molecule has 0 aliphatic heterocycles. The van der Waals surface area contributed by atoms with Gasteiger partial charge in [0.25, 0.3) is 0 Å². The summed E-state index contributed by atoms with van der Waals surface area (Å²) in [6.45, 7) is 13.7. The molecule has 0 spiro atoms. The number of benzene rings is 1. The van der Waals surface area contributed by atoms with Gasteiger partial charge < -0.3 is 14.2 Å². The highest BCUT2D eigenvalue weighted by molar-refractivity contribution is 5.93. The van der Waals surface area contributed by atoms with Gasteiger partial charge in [0.05, 0.1) is 6.10 Å². The number of hydrogen-bond acceptors (Lipinski definition) is 5. The summed E-state index contributed by atoms with van der Waals surface area (Å²) in [7, 11) is 1.67. The standard InChI is InChI=1S/C36H54O5/c1-23(2)27-17-15-24(3)20-31(27)41-36(39-7)22-29-30(37)14-11-19-35(29,36)33(38)40-32-21-25(4)16-18-28(32)34(5,6)26-12-9-8-10-13-26/h8-10,12-13,23-25,27-29,31-32H,11,14-22H2,1-7H3/t24-,25-,27+,28+,29-,31-,32+,35+,36-/m1/s1. The van der Waals surface area contributed by atoms with E-state index in [9.17, 15) is 9.59 Å². The number of fused-ring (bicyclic) bond motifs is 1. The average molecular weight is 567 g/mol. The Morgan fingerprint density at radius 1 is 0.976 bits per heavy atom. The number of methoxy groups -OCH3 is 1. The number of ketones is 1. The van der Waals surface area contributed by atoms with Gasteiger partial charge in [0.2, 0.25) is 0 Å². The molecule has 5 nitrogen and oxygen atoms in total. The average Bonchev–Trinajstić information content (AvgIpc) is 2.92. The molecule has 0 bridgehead atoms. The van der Waals surface area contributed by atoms with Gasteiger partial charge >= 0.3 is 5.97 Å². The first-order valence-corrected chi connectivity index (χ1v) is 16.5. The number of carbonyl (C=O) groups excluding carboxylic acids is 2. The van der Waals surface area contributed by atoms with Crippen LogP contribution >= 0.6 is 0 Å². The highest BCUT2D eigenvalue weighted by Gasteiger charge is 2.76. The summed E-state index contributed by atoms with van der Waals surface area (Å²) in [6.07, 6.45) is 8.32. The molecule has 5 rings (SSSR count). The van der Waals surface area contributed by atoms with E-state index in [1.807, 2.05) is 0 Å². The largest absolute Gasteiger partial charge is 0.461 e. The second-order valence-corrected chi connectivity index (χ2v) is 15.0. The highest BCUT2D eigenvalue weighted by atomic mass is 16.7. The number of carbonyl (C=O) groups is 2. The maximum absolute atomic E-state index is 14.7. The molecule has 0 saturated heterocycles. The van der Waals surface area contributed by atoms with E-state index in [1.54, 1.807) is 7.11 Å². The third-order valence-corrected chi connectivity index (χ3v) is 11.9. The van der Waals surface area contributed by atoms with Crippen molar-refractivity contribution in [3.05, 3.63) is 35.9 Å². The summed E-state index contributed by atoms with van der Waals surface area (Å²) >= 11 is 0. The zero-order valence-electron chi connectivity index (χ0n) is 26.6. The summed E-state index contributed by atoms with van der Waals surface area (Å²) < 4.78 is 20.0. The summed E-state index contributed by atoms with van der Waals surface area (Å²) in [5.41, 5.74) is 0.0542. The quantitative estimate of drug-likeness (QED) is 0.236. The first-order chi connectivity index (χ1) is 19.4. The maximum atomic E-state index is 14.7. The van der Waals surface area contributed by atoms with Crippen molar-refractivity contribution in [1.29, 1.82) is 0 Å². The number of hydrogen-bond donors (Lipinski definition) is 0. The van der Waals surface area contributed by atoms with Crippen molar-refractivity contribution < 1.29 is 23.8 Å². The first-order valence-electron chi connectivity index (χ1n) is 16.5. The lowest BCUT2D eigenvalue weighted by Gasteiger charge is -2.63. The van der Waals surface area contributed by atoms with Gasteiger partial charge in [0.1, 0.15) is 17.3 Å². The molecule has 0 unspecified atom stereocenters. The van der Waals surface area contributed by atoms with Crippen molar-refractivity contribution in [3.63, 3.8) is 0 Å². The molecule has 0 radical (unpaired) electrons. The smallest absolute Gasteiger partial charge is 0.318 e. The molecule has 4 fully saturated rings. The molecule has 41 heavy (non-hydrogen) atoms. The Kier molecular flexibility index (Phi) is 8.81. The van der Waals surface area contributed by atoms with E-state index in [1.165, 1.54) is 12.0 Å². The fraction of sp³-hybridized carbons (Fsp3) is 0.778. The van der Waals surface area contributed by atoms with E-state index in [2.05, 4.69) is 71.9 Å². The Bertz CT molecular complexity index is 1080. The minimum atomic E-state index is -1.11. The summed E-state index contributed by atoms with van der Waals surface area (Å²) in [6, 6.07) is 10.6. The lowest BCUT2D eigenvalue weighted by molar-refractivity contribution is -0.378. The number of esters is 1. The zero-order chi connectivity index (χ0) is 29.6. The van der Waals surface area contributed by atoms with Gasteiger partial charge in [-0.1, -0.05) is 84.7 Å². The van der Waals surface area contributed by atoms with Gasteiger partial charge in [-0.3, -0.25) is 9.59 Å². The predicted molar refractivity (Wildman–Crippen MR) is 161 cm³/mol. The Hall–Kier alpha value is -1.72. The molecule has 0 heterocycles. The van der Waals surface area contributed by atoms with Gasteiger partial charge in [-0.2, -0.15) is 0 Å². The van der Waals surface area contributed by atoms with E-state index in [0.29, 0.717) is 49.4 Å². The zero-order valence-corrected chi connectivity index (χ0v) is 26.6. The van der Waals surface area contributed by atoms with Crippen LogP contribution in [0.3, 0.4) is 0 Å². The Morgan fingerprint density at radius 3 is 2.29 bits per heavy atom. The molecule has 4 aliphatic carbocycles. The number of ether oxygens (including phenoxy) is 3. The van der Waals surface area contributed by atoms with Crippen molar-refractivity contribution >= 4 is 11.8 Å². The highest BCUT2D eigenvalue weighted by Crippen LogP contribution is 2.64. The van der Waals surface area contributed by atoms with Crippen molar-refractivity contribution in [2.75, 3.05) is 7.11 Å². The Labute approximate surface area is 248 Å². The van der Waals surface area contributed by atoms with Crippen LogP contribution in [0, 0.1) is 40.9 Å². The number of Topliss-reactive ketones (excluding diaryl/α,β-unsaturated/α-hetero) is 1. The van der Waals surface area contributed by atoms with Crippen molar-refractivity contribution in [2.45, 2.75) is 129 Å². The van der Waals surface area contributed by atoms with Crippen LogP contribution in [0.2, 0.25) is 0 Å². The molecule has 0 aromatic heterocycles. The molecule has 1 aromatic rings. The fourth-order valence-corrected chi connectivity index (χ4v) is 9.20. The molecule has 4 aliphatic rings. The van der Waals surface area contributed by atoms with Gasteiger partial charge in [-0.25, -0.2) is 0 Å². The second-order valence-electron chi connectivity index (χ2n) is 15.0. The van der Waals surface area contributed by atoms with E-state index < -0.39 is 11.2 Å². The third-order valence-electron chi connectivity index (χ3n) is 11.9. The van der Waals surface area contributed by atoms with Crippen LogP contribution in [-0.4, -0.2) is 36.9 Å². The van der Waals surface area contributed by atoms with Crippen molar-refractivity contribution in [1.82, 2.24) is 0 Å². The SMILES string of the molecule is CO[C@@]1(O[C@@H]2C[C@H](C)CC[C@H]2C(C)C)C[C@@H]2C(=O)CCC[C@@]21C(=O)O[C@H]1C[C@H](C)CC[C@@H]1C(C)(C)c1ccccc1.